The van der Waals surface area contributed by atoms with Crippen LogP contribution in [0.25, 0.3) is 11.1 Å². The number of anilines is 1. The zero-order valence-electron chi connectivity index (χ0n) is 15.5. The van der Waals surface area contributed by atoms with Crippen molar-refractivity contribution in [2.24, 2.45) is 5.92 Å². The van der Waals surface area contributed by atoms with Gasteiger partial charge in [-0.3, -0.25) is 9.59 Å². The van der Waals surface area contributed by atoms with Gasteiger partial charge in [-0.2, -0.15) is 0 Å². The van der Waals surface area contributed by atoms with E-state index in [1.54, 1.807) is 6.92 Å². The van der Waals surface area contributed by atoms with Crippen LogP contribution >= 0.6 is 0 Å². The summed E-state index contributed by atoms with van der Waals surface area (Å²) in [6.07, 6.45) is 2.32. The van der Waals surface area contributed by atoms with Gasteiger partial charge >= 0.3 is 0 Å². The summed E-state index contributed by atoms with van der Waals surface area (Å²) in [5, 5.41) is 2.99. The van der Waals surface area contributed by atoms with E-state index in [4.69, 9.17) is 0 Å². The minimum absolute atomic E-state index is 0.0505. The van der Waals surface area contributed by atoms with E-state index in [9.17, 15) is 9.59 Å². The highest BCUT2D eigenvalue weighted by Crippen LogP contribution is 2.24. The zero-order chi connectivity index (χ0) is 18.5. The number of aryl methyl sites for hydroxylation is 1. The van der Waals surface area contributed by atoms with E-state index < -0.39 is 0 Å². The lowest BCUT2D eigenvalue weighted by Gasteiger charge is -2.30. The maximum absolute atomic E-state index is 12.3. The molecule has 2 aromatic rings. The first-order valence-electron chi connectivity index (χ1n) is 9.24. The molecule has 0 aliphatic carbocycles. The summed E-state index contributed by atoms with van der Waals surface area (Å²) in [6.45, 7) is 5.21. The molecule has 1 fully saturated rings. The Hall–Kier alpha value is -2.62. The lowest BCUT2D eigenvalue weighted by molar-refractivity contribution is -0.130. The fraction of sp³-hybridized carbons (Fsp3) is 0.364. The summed E-state index contributed by atoms with van der Waals surface area (Å²) in [5.41, 5.74) is 4.38. The highest BCUT2D eigenvalue weighted by atomic mass is 16.2. The van der Waals surface area contributed by atoms with Crippen LogP contribution < -0.4 is 5.32 Å². The summed E-state index contributed by atoms with van der Waals surface area (Å²) < 4.78 is 0. The third-order valence-corrected chi connectivity index (χ3v) is 5.05. The summed E-state index contributed by atoms with van der Waals surface area (Å²) in [5.74, 6) is 0.536. The Morgan fingerprint density at radius 1 is 1.04 bits per heavy atom. The predicted octanol–water partition coefficient (Wildman–Crippen LogP) is 4.25. The highest BCUT2D eigenvalue weighted by Gasteiger charge is 2.22. The molecule has 2 amide bonds. The van der Waals surface area contributed by atoms with Gasteiger partial charge in [-0.15, -0.1) is 0 Å². The van der Waals surface area contributed by atoms with E-state index in [-0.39, 0.29) is 11.8 Å². The average molecular weight is 350 g/mol. The number of hydrogen-bond acceptors (Lipinski definition) is 2. The minimum atomic E-state index is 0.0505. The van der Waals surface area contributed by atoms with Crippen LogP contribution in [-0.2, 0) is 9.59 Å². The van der Waals surface area contributed by atoms with Gasteiger partial charge in [0.15, 0.2) is 0 Å². The van der Waals surface area contributed by atoms with Crippen LogP contribution in [0.5, 0.6) is 0 Å². The Labute approximate surface area is 155 Å². The van der Waals surface area contributed by atoms with E-state index in [1.165, 1.54) is 11.1 Å². The zero-order valence-corrected chi connectivity index (χ0v) is 15.5. The van der Waals surface area contributed by atoms with Gasteiger partial charge in [0.1, 0.15) is 0 Å². The topological polar surface area (TPSA) is 49.4 Å². The second-order valence-electron chi connectivity index (χ2n) is 7.15. The molecule has 4 nitrogen and oxygen atoms in total. The third kappa shape index (κ3) is 4.72. The maximum atomic E-state index is 12.3. The molecule has 26 heavy (non-hydrogen) atoms. The fourth-order valence-corrected chi connectivity index (χ4v) is 3.50. The molecule has 1 aliphatic heterocycles. The quantitative estimate of drug-likeness (QED) is 0.896. The first-order chi connectivity index (χ1) is 12.5. The van der Waals surface area contributed by atoms with Crippen molar-refractivity contribution in [2.45, 2.75) is 33.1 Å². The number of piperidine rings is 1. The Kier molecular flexibility index (Phi) is 5.71. The van der Waals surface area contributed by atoms with Crippen LogP contribution in [0.2, 0.25) is 0 Å². The second-order valence-corrected chi connectivity index (χ2v) is 7.15. The molecule has 0 atom stereocenters. The normalized spacial score (nSPS) is 14.9. The Bertz CT molecular complexity index is 775. The van der Waals surface area contributed by atoms with E-state index in [0.29, 0.717) is 12.3 Å². The smallest absolute Gasteiger partial charge is 0.224 e. The van der Waals surface area contributed by atoms with Crippen molar-refractivity contribution in [2.75, 3.05) is 18.4 Å². The number of carbonyl (C=O) groups is 2. The van der Waals surface area contributed by atoms with Crippen molar-refractivity contribution in [3.63, 3.8) is 0 Å². The average Bonchev–Trinajstić information content (AvgIpc) is 2.62. The summed E-state index contributed by atoms with van der Waals surface area (Å²) in [4.78, 5) is 25.5. The van der Waals surface area contributed by atoms with Gasteiger partial charge < -0.3 is 10.2 Å². The monoisotopic (exact) mass is 350 g/mol. The number of likely N-dealkylation sites (tertiary alicyclic amines) is 1. The van der Waals surface area contributed by atoms with Gasteiger partial charge in [-0.05, 0) is 48.9 Å². The SMILES string of the molecule is CC(=O)N1CCC(CC(=O)Nc2ccc(-c3cccc(C)c3)cc2)CC1. The van der Waals surface area contributed by atoms with Crippen LogP contribution in [0.1, 0.15) is 31.7 Å². The maximum Gasteiger partial charge on any atom is 0.224 e. The van der Waals surface area contributed by atoms with E-state index >= 15 is 0 Å². The van der Waals surface area contributed by atoms with E-state index in [2.05, 4.69) is 36.5 Å². The van der Waals surface area contributed by atoms with Crippen molar-refractivity contribution in [1.82, 2.24) is 4.90 Å². The molecule has 1 saturated heterocycles. The molecule has 0 radical (unpaired) electrons. The number of benzene rings is 2. The Morgan fingerprint density at radius 3 is 2.35 bits per heavy atom. The predicted molar refractivity (Wildman–Crippen MR) is 105 cm³/mol. The highest BCUT2D eigenvalue weighted by molar-refractivity contribution is 5.91. The van der Waals surface area contributed by atoms with Gasteiger partial charge in [0.05, 0.1) is 0 Å². The number of amides is 2. The first kappa shape index (κ1) is 18.2. The van der Waals surface area contributed by atoms with Gasteiger partial charge in [0, 0.05) is 32.1 Å². The molecule has 0 unspecified atom stereocenters. The molecule has 0 saturated carbocycles. The number of nitrogens with zero attached hydrogens (tertiary/aromatic N) is 1. The van der Waals surface area contributed by atoms with Gasteiger partial charge in [-0.25, -0.2) is 0 Å². The summed E-state index contributed by atoms with van der Waals surface area (Å²) >= 11 is 0. The molecule has 2 aromatic carbocycles. The van der Waals surface area contributed by atoms with Crippen molar-refractivity contribution in [3.05, 3.63) is 54.1 Å². The summed E-state index contributed by atoms with van der Waals surface area (Å²) in [6, 6.07) is 16.4. The molecule has 136 valence electrons. The lowest BCUT2D eigenvalue weighted by atomic mass is 9.93. The van der Waals surface area contributed by atoms with Crippen LogP contribution in [-0.4, -0.2) is 29.8 Å². The van der Waals surface area contributed by atoms with Crippen LogP contribution in [0.4, 0.5) is 5.69 Å². The first-order valence-corrected chi connectivity index (χ1v) is 9.24. The fourth-order valence-electron chi connectivity index (χ4n) is 3.50. The van der Waals surface area contributed by atoms with E-state index in [0.717, 1.165) is 37.2 Å². The number of carbonyl (C=O) groups excluding carboxylic acids is 2. The molecular formula is C22H26N2O2. The minimum Gasteiger partial charge on any atom is -0.343 e. The van der Waals surface area contributed by atoms with Gasteiger partial charge in [-0.1, -0.05) is 42.0 Å². The van der Waals surface area contributed by atoms with Crippen LogP contribution in [0.15, 0.2) is 48.5 Å². The Morgan fingerprint density at radius 2 is 1.73 bits per heavy atom. The van der Waals surface area contributed by atoms with Crippen molar-refractivity contribution in [3.8, 4) is 11.1 Å². The Balaban J connectivity index is 1.53. The van der Waals surface area contributed by atoms with Gasteiger partial charge in [0.2, 0.25) is 11.8 Å². The molecule has 0 bridgehead atoms. The molecule has 1 N–H and O–H groups in total. The van der Waals surface area contributed by atoms with Crippen LogP contribution in [0, 0.1) is 12.8 Å². The largest absolute Gasteiger partial charge is 0.343 e. The number of rotatable bonds is 4. The van der Waals surface area contributed by atoms with Crippen LogP contribution in [0.3, 0.4) is 0 Å². The third-order valence-electron chi connectivity index (χ3n) is 5.05. The van der Waals surface area contributed by atoms with E-state index in [1.807, 2.05) is 29.2 Å². The molecule has 0 spiro atoms. The van der Waals surface area contributed by atoms with Crippen molar-refractivity contribution < 1.29 is 9.59 Å². The second kappa shape index (κ2) is 8.17. The standard InChI is InChI=1S/C22H26N2O2/c1-16-4-3-5-20(14-16)19-6-8-21(9-7-19)23-22(26)15-18-10-12-24(13-11-18)17(2)25/h3-9,14,18H,10-13,15H2,1-2H3,(H,23,26). The van der Waals surface area contributed by atoms with Crippen molar-refractivity contribution >= 4 is 17.5 Å². The molecule has 1 heterocycles. The molecule has 4 heteroatoms. The number of nitrogens with one attached hydrogen (secondary N) is 1. The molecule has 3 rings (SSSR count). The van der Waals surface area contributed by atoms with Crippen molar-refractivity contribution in [1.29, 1.82) is 0 Å². The molecule has 1 aliphatic rings. The van der Waals surface area contributed by atoms with Gasteiger partial charge in [0.25, 0.3) is 0 Å². The molecular weight excluding hydrogens is 324 g/mol. The number of hydrogen-bond donors (Lipinski definition) is 1. The lowest BCUT2D eigenvalue weighted by Crippen LogP contribution is -2.37. The summed E-state index contributed by atoms with van der Waals surface area (Å²) in [7, 11) is 0. The molecule has 0 aromatic heterocycles.